The lowest BCUT2D eigenvalue weighted by molar-refractivity contribution is -0.383. The number of hydrogen-bond donors (Lipinski definition) is 1. The van der Waals surface area contributed by atoms with Crippen molar-refractivity contribution in [3.63, 3.8) is 0 Å². The number of non-ortho nitro benzene ring substituents is 1. The molecule has 4 rings (SSSR count). The Morgan fingerprint density at radius 3 is 2.64 bits per heavy atom. The summed E-state index contributed by atoms with van der Waals surface area (Å²) < 4.78 is 0. The van der Waals surface area contributed by atoms with Gasteiger partial charge in [0.2, 0.25) is 0 Å². The Kier molecular flexibility index (Phi) is 4.68. The molecule has 28 heavy (non-hydrogen) atoms. The van der Waals surface area contributed by atoms with Gasteiger partial charge < -0.3 is 5.32 Å². The van der Waals surface area contributed by atoms with Crippen LogP contribution in [-0.2, 0) is 0 Å². The van der Waals surface area contributed by atoms with Gasteiger partial charge in [-0.15, -0.1) is 0 Å². The predicted octanol–water partition coefficient (Wildman–Crippen LogP) is 5.05. The van der Waals surface area contributed by atoms with Crippen molar-refractivity contribution >= 4 is 22.1 Å². The highest BCUT2D eigenvalue weighted by atomic mass is 16.6. The number of hydrogen-bond acceptors (Lipinski definition) is 5. The molecule has 2 aromatic carbocycles. The SMILES string of the molecule is Cc1cccc(C(Nc2ccc([N+](=O)[O-])c3cnccc23)c2ccccn2)c1. The summed E-state index contributed by atoms with van der Waals surface area (Å²) in [6.45, 7) is 2.05. The van der Waals surface area contributed by atoms with E-state index in [1.165, 1.54) is 12.3 Å². The minimum Gasteiger partial charge on any atom is -0.372 e. The third-order valence-corrected chi connectivity index (χ3v) is 4.65. The number of aryl methyl sites for hydroxylation is 1. The Labute approximate surface area is 162 Å². The number of nitro groups is 1. The van der Waals surface area contributed by atoms with E-state index >= 15 is 0 Å². The first-order valence-corrected chi connectivity index (χ1v) is 8.88. The Bertz CT molecular complexity index is 1150. The van der Waals surface area contributed by atoms with E-state index in [9.17, 15) is 10.1 Å². The molecule has 0 saturated heterocycles. The summed E-state index contributed by atoms with van der Waals surface area (Å²) in [4.78, 5) is 19.6. The summed E-state index contributed by atoms with van der Waals surface area (Å²) in [7, 11) is 0. The maximum absolute atomic E-state index is 11.4. The van der Waals surface area contributed by atoms with Crippen LogP contribution < -0.4 is 5.32 Å². The number of benzene rings is 2. The average Bonchev–Trinajstić information content (AvgIpc) is 2.72. The third-order valence-electron chi connectivity index (χ3n) is 4.65. The first kappa shape index (κ1) is 17.6. The van der Waals surface area contributed by atoms with Gasteiger partial charge in [-0.3, -0.25) is 20.1 Å². The number of fused-ring (bicyclic) bond motifs is 1. The summed E-state index contributed by atoms with van der Waals surface area (Å²) >= 11 is 0. The molecule has 4 aromatic rings. The van der Waals surface area contributed by atoms with Crippen LogP contribution in [0, 0.1) is 17.0 Å². The Morgan fingerprint density at radius 2 is 1.89 bits per heavy atom. The summed E-state index contributed by atoms with van der Waals surface area (Å²) in [6.07, 6.45) is 4.93. The number of nitrogens with zero attached hydrogens (tertiary/aromatic N) is 3. The van der Waals surface area contributed by atoms with Crippen LogP contribution in [0.5, 0.6) is 0 Å². The van der Waals surface area contributed by atoms with Crippen molar-refractivity contribution in [2.45, 2.75) is 13.0 Å². The fraction of sp³-hybridized carbons (Fsp3) is 0.0909. The van der Waals surface area contributed by atoms with Gasteiger partial charge >= 0.3 is 0 Å². The molecule has 0 amide bonds. The fourth-order valence-electron chi connectivity index (χ4n) is 3.34. The van der Waals surface area contributed by atoms with Crippen LogP contribution in [0.1, 0.15) is 22.9 Å². The molecule has 6 heteroatoms. The molecule has 6 nitrogen and oxygen atoms in total. The number of aromatic nitrogens is 2. The minimum atomic E-state index is -0.384. The maximum Gasteiger partial charge on any atom is 0.278 e. The Hall–Kier alpha value is -3.80. The van der Waals surface area contributed by atoms with Crippen molar-refractivity contribution in [2.24, 2.45) is 0 Å². The van der Waals surface area contributed by atoms with Gasteiger partial charge in [0.25, 0.3) is 5.69 Å². The second-order valence-electron chi connectivity index (χ2n) is 6.56. The van der Waals surface area contributed by atoms with Gasteiger partial charge in [0, 0.05) is 35.7 Å². The normalized spacial score (nSPS) is 11.9. The van der Waals surface area contributed by atoms with Gasteiger partial charge in [0.1, 0.15) is 0 Å². The van der Waals surface area contributed by atoms with E-state index in [4.69, 9.17) is 0 Å². The first-order valence-electron chi connectivity index (χ1n) is 8.88. The Balaban J connectivity index is 1.84. The number of rotatable bonds is 5. The summed E-state index contributed by atoms with van der Waals surface area (Å²) in [5.41, 5.74) is 3.92. The molecule has 0 bridgehead atoms. The zero-order valence-corrected chi connectivity index (χ0v) is 15.2. The van der Waals surface area contributed by atoms with Gasteiger partial charge in [-0.05, 0) is 36.8 Å². The number of pyridine rings is 2. The molecule has 0 aliphatic heterocycles. The van der Waals surface area contributed by atoms with Crippen LogP contribution in [0.25, 0.3) is 10.8 Å². The molecule has 2 heterocycles. The number of nitro benzene ring substituents is 1. The van der Waals surface area contributed by atoms with Gasteiger partial charge in [-0.2, -0.15) is 0 Å². The van der Waals surface area contributed by atoms with E-state index in [0.29, 0.717) is 5.39 Å². The molecule has 1 unspecified atom stereocenters. The minimum absolute atomic E-state index is 0.0404. The van der Waals surface area contributed by atoms with Gasteiger partial charge in [0.15, 0.2) is 0 Å². The first-order chi connectivity index (χ1) is 13.6. The second-order valence-corrected chi connectivity index (χ2v) is 6.56. The van der Waals surface area contributed by atoms with E-state index in [2.05, 4.69) is 27.4 Å². The van der Waals surface area contributed by atoms with Crippen molar-refractivity contribution in [3.05, 3.63) is 106 Å². The largest absolute Gasteiger partial charge is 0.372 e. The highest BCUT2D eigenvalue weighted by Gasteiger charge is 2.19. The van der Waals surface area contributed by atoms with Gasteiger partial charge in [-0.25, -0.2) is 0 Å². The zero-order valence-electron chi connectivity index (χ0n) is 15.2. The Morgan fingerprint density at radius 1 is 1.00 bits per heavy atom. The topological polar surface area (TPSA) is 81.0 Å². The molecule has 0 spiro atoms. The van der Waals surface area contributed by atoms with E-state index in [1.807, 2.05) is 37.3 Å². The fourth-order valence-corrected chi connectivity index (χ4v) is 3.34. The monoisotopic (exact) mass is 370 g/mol. The summed E-state index contributed by atoms with van der Waals surface area (Å²) in [6, 6.07) is 18.9. The number of anilines is 1. The van der Waals surface area contributed by atoms with Crippen LogP contribution in [0.4, 0.5) is 11.4 Å². The van der Waals surface area contributed by atoms with Crippen LogP contribution >= 0.6 is 0 Å². The lowest BCUT2D eigenvalue weighted by Gasteiger charge is -2.21. The molecule has 0 saturated carbocycles. The summed E-state index contributed by atoms with van der Waals surface area (Å²) in [5.74, 6) is 0. The van der Waals surface area contributed by atoms with Gasteiger partial charge in [0.05, 0.1) is 22.0 Å². The molecule has 1 atom stereocenters. The predicted molar refractivity (Wildman–Crippen MR) is 109 cm³/mol. The zero-order chi connectivity index (χ0) is 19.5. The van der Waals surface area contributed by atoms with Crippen LogP contribution in [-0.4, -0.2) is 14.9 Å². The summed E-state index contributed by atoms with van der Waals surface area (Å²) in [5, 5.41) is 16.2. The van der Waals surface area contributed by atoms with Crippen molar-refractivity contribution in [2.75, 3.05) is 5.32 Å². The third kappa shape index (κ3) is 3.40. The lowest BCUT2D eigenvalue weighted by Crippen LogP contribution is -2.14. The molecule has 2 aromatic heterocycles. The molecular formula is C22H18N4O2. The standard InChI is InChI=1S/C22H18N4O2/c1-15-5-4-6-16(13-15)22(20-7-2-3-11-24-20)25-19-8-9-21(26(27)28)18-14-23-12-10-17(18)19/h2-14,22,25H,1H3. The molecule has 0 aliphatic rings. The molecule has 0 fully saturated rings. The van der Waals surface area contributed by atoms with Crippen molar-refractivity contribution < 1.29 is 4.92 Å². The maximum atomic E-state index is 11.4. The van der Waals surface area contributed by atoms with Crippen LogP contribution in [0.3, 0.4) is 0 Å². The molecule has 138 valence electrons. The highest BCUT2D eigenvalue weighted by Crippen LogP contribution is 2.34. The molecule has 0 aliphatic carbocycles. The van der Waals surface area contributed by atoms with Crippen molar-refractivity contribution in [1.82, 2.24) is 9.97 Å². The van der Waals surface area contributed by atoms with Crippen LogP contribution in [0.15, 0.2) is 79.3 Å². The quantitative estimate of drug-likeness (QED) is 0.393. The van der Waals surface area contributed by atoms with Crippen molar-refractivity contribution in [1.29, 1.82) is 0 Å². The second kappa shape index (κ2) is 7.44. The smallest absolute Gasteiger partial charge is 0.278 e. The molecular weight excluding hydrogens is 352 g/mol. The van der Waals surface area contributed by atoms with E-state index in [0.717, 1.165) is 27.9 Å². The highest BCUT2D eigenvalue weighted by molar-refractivity contribution is 5.99. The molecule has 1 N–H and O–H groups in total. The van der Waals surface area contributed by atoms with Gasteiger partial charge in [-0.1, -0.05) is 35.9 Å². The van der Waals surface area contributed by atoms with Crippen LogP contribution in [0.2, 0.25) is 0 Å². The van der Waals surface area contributed by atoms with E-state index < -0.39 is 0 Å². The van der Waals surface area contributed by atoms with E-state index in [1.54, 1.807) is 24.5 Å². The van der Waals surface area contributed by atoms with E-state index in [-0.39, 0.29) is 16.7 Å². The average molecular weight is 370 g/mol. The van der Waals surface area contributed by atoms with Crippen molar-refractivity contribution in [3.8, 4) is 0 Å². The molecule has 0 radical (unpaired) electrons. The lowest BCUT2D eigenvalue weighted by atomic mass is 10.00. The number of nitrogens with one attached hydrogen (secondary N) is 1.